The number of amides is 1. The molecule has 0 fully saturated rings. The van der Waals surface area contributed by atoms with Gasteiger partial charge in [-0.2, -0.15) is 0 Å². The fraction of sp³-hybridized carbons (Fsp3) is 0.139. The zero-order valence-corrected chi connectivity index (χ0v) is 29.0. The zero-order valence-electron chi connectivity index (χ0n) is 25.9. The molecule has 6 rings (SSSR count). The molecule has 1 aliphatic heterocycles. The molecule has 1 aliphatic rings. The summed E-state index contributed by atoms with van der Waals surface area (Å²) in [5, 5.41) is 4.11. The number of fused-ring (bicyclic) bond motifs is 1. The Balaban J connectivity index is 1.40. The number of thiazole rings is 1. The minimum absolute atomic E-state index is 0.175. The molecule has 1 aromatic heterocycles. The number of hydrogen-bond donors (Lipinski definition) is 1. The van der Waals surface area contributed by atoms with Crippen molar-refractivity contribution in [1.82, 2.24) is 4.57 Å². The lowest BCUT2D eigenvalue weighted by molar-refractivity contribution is -0.113. The summed E-state index contributed by atoms with van der Waals surface area (Å²) in [6.45, 7) is 1.94. The van der Waals surface area contributed by atoms with Gasteiger partial charge in [0.15, 0.2) is 16.3 Å². The molecule has 0 aliphatic carbocycles. The Bertz CT molecular complexity index is 2250. The van der Waals surface area contributed by atoms with Crippen LogP contribution in [-0.2, 0) is 11.4 Å². The fourth-order valence-corrected chi connectivity index (χ4v) is 7.00. The Hall–Kier alpha value is -4.54. The van der Waals surface area contributed by atoms with Crippen molar-refractivity contribution in [1.29, 1.82) is 0 Å². The summed E-state index contributed by atoms with van der Waals surface area (Å²) in [4.78, 5) is 33.2. The van der Waals surface area contributed by atoms with Crippen molar-refractivity contribution in [3.8, 4) is 17.2 Å². The van der Waals surface area contributed by atoms with Crippen molar-refractivity contribution >= 4 is 63.8 Å². The Kier molecular flexibility index (Phi) is 9.93. The van der Waals surface area contributed by atoms with Gasteiger partial charge in [-0.3, -0.25) is 14.2 Å². The summed E-state index contributed by atoms with van der Waals surface area (Å²) in [6.07, 6.45) is 1.71. The maximum absolute atomic E-state index is 14.2. The first kappa shape index (κ1) is 33.4. The zero-order chi connectivity index (χ0) is 33.9. The van der Waals surface area contributed by atoms with Crippen LogP contribution in [0.4, 0.5) is 5.69 Å². The predicted octanol–water partition coefficient (Wildman–Crippen LogP) is 7.43. The molecule has 0 bridgehead atoms. The molecule has 2 heterocycles. The number of nitrogens with zero attached hydrogens (tertiary/aromatic N) is 2. The van der Waals surface area contributed by atoms with Gasteiger partial charge in [0, 0.05) is 5.69 Å². The molecule has 244 valence electrons. The van der Waals surface area contributed by atoms with Gasteiger partial charge < -0.3 is 19.5 Å². The molecule has 0 saturated heterocycles. The van der Waals surface area contributed by atoms with Gasteiger partial charge in [0.1, 0.15) is 12.4 Å². The largest absolute Gasteiger partial charge is 0.497 e. The summed E-state index contributed by atoms with van der Waals surface area (Å²) in [5.41, 5.74) is 3.25. The van der Waals surface area contributed by atoms with Gasteiger partial charge >= 0.3 is 0 Å². The molecule has 0 radical (unpaired) electrons. The molecule has 12 heteroatoms. The summed E-state index contributed by atoms with van der Waals surface area (Å²) in [6, 6.07) is 24.3. The maximum Gasteiger partial charge on any atom is 0.271 e. The van der Waals surface area contributed by atoms with Crippen LogP contribution in [0.2, 0.25) is 15.1 Å². The van der Waals surface area contributed by atoms with Crippen LogP contribution in [0.15, 0.2) is 106 Å². The molecular weight excluding hydrogens is 693 g/mol. The second-order valence-corrected chi connectivity index (χ2v) is 13.0. The number of carbonyl (C=O) groups is 1. The Morgan fingerprint density at radius 2 is 1.73 bits per heavy atom. The molecular formula is C36H28Cl3N3O5S. The van der Waals surface area contributed by atoms with E-state index in [9.17, 15) is 9.59 Å². The predicted molar refractivity (Wildman–Crippen MR) is 191 cm³/mol. The highest BCUT2D eigenvalue weighted by atomic mass is 35.5. The number of nitrogens with one attached hydrogen (secondary N) is 1. The van der Waals surface area contributed by atoms with Gasteiger partial charge in [-0.1, -0.05) is 82.5 Å². The number of halogens is 3. The van der Waals surface area contributed by atoms with Crippen LogP contribution in [0, 0.1) is 0 Å². The monoisotopic (exact) mass is 719 g/mol. The highest BCUT2D eigenvalue weighted by molar-refractivity contribution is 7.07. The van der Waals surface area contributed by atoms with E-state index in [0.29, 0.717) is 69.7 Å². The minimum atomic E-state index is -0.766. The molecule has 8 nitrogen and oxygen atoms in total. The van der Waals surface area contributed by atoms with Gasteiger partial charge in [0.2, 0.25) is 0 Å². The molecule has 4 aromatic carbocycles. The van der Waals surface area contributed by atoms with E-state index in [1.807, 2.05) is 42.5 Å². The van der Waals surface area contributed by atoms with E-state index in [4.69, 9.17) is 54.0 Å². The van der Waals surface area contributed by atoms with E-state index < -0.39 is 6.04 Å². The van der Waals surface area contributed by atoms with Gasteiger partial charge in [-0.05, 0) is 78.2 Å². The third-order valence-electron chi connectivity index (χ3n) is 7.62. The molecule has 0 saturated carbocycles. The van der Waals surface area contributed by atoms with E-state index >= 15 is 0 Å². The Labute approximate surface area is 295 Å². The fourth-order valence-electron chi connectivity index (χ4n) is 5.36. The lowest BCUT2D eigenvalue weighted by Crippen LogP contribution is -2.40. The third kappa shape index (κ3) is 6.86. The minimum Gasteiger partial charge on any atom is -0.497 e. The summed E-state index contributed by atoms with van der Waals surface area (Å²) < 4.78 is 19.0. The maximum atomic E-state index is 14.2. The van der Waals surface area contributed by atoms with E-state index in [2.05, 4.69) is 5.32 Å². The molecule has 1 atom stereocenters. The Morgan fingerprint density at radius 1 is 0.938 bits per heavy atom. The van der Waals surface area contributed by atoms with E-state index in [0.717, 1.165) is 5.56 Å². The number of rotatable bonds is 9. The number of para-hydroxylation sites is 1. The number of hydrogen-bond acceptors (Lipinski definition) is 7. The highest BCUT2D eigenvalue weighted by Gasteiger charge is 2.33. The number of methoxy groups -OCH3 is 2. The first-order valence-corrected chi connectivity index (χ1v) is 16.6. The molecule has 48 heavy (non-hydrogen) atoms. The van der Waals surface area contributed by atoms with Crippen molar-refractivity contribution in [3.05, 3.63) is 148 Å². The SMILES string of the molecule is COc1cccc([C@H]2C(C(=O)Nc3ccccc3)=C(C)N=c3s/c(=C\c4cc(Cl)c(OCc5ccc(Cl)c(Cl)c5)c(OC)c4)c(=O)n32)c1. The van der Waals surface area contributed by atoms with Gasteiger partial charge in [-0.25, -0.2) is 4.99 Å². The van der Waals surface area contributed by atoms with Crippen LogP contribution >= 0.6 is 46.1 Å². The lowest BCUT2D eigenvalue weighted by atomic mass is 9.95. The van der Waals surface area contributed by atoms with Gasteiger partial charge in [0.05, 0.1) is 51.1 Å². The second kappa shape index (κ2) is 14.3. The first-order valence-electron chi connectivity index (χ1n) is 14.6. The molecule has 0 spiro atoms. The third-order valence-corrected chi connectivity index (χ3v) is 9.63. The smallest absolute Gasteiger partial charge is 0.271 e. The second-order valence-electron chi connectivity index (χ2n) is 10.7. The first-order chi connectivity index (χ1) is 23.2. The lowest BCUT2D eigenvalue weighted by Gasteiger charge is -2.25. The summed E-state index contributed by atoms with van der Waals surface area (Å²) in [5.74, 6) is 0.950. The van der Waals surface area contributed by atoms with Gasteiger partial charge in [-0.15, -0.1) is 0 Å². The van der Waals surface area contributed by atoms with Crippen LogP contribution in [0.25, 0.3) is 6.08 Å². The van der Waals surface area contributed by atoms with Crippen LogP contribution in [0.1, 0.15) is 29.7 Å². The van der Waals surface area contributed by atoms with Crippen molar-refractivity contribution in [3.63, 3.8) is 0 Å². The number of anilines is 1. The molecule has 0 unspecified atom stereocenters. The van der Waals surface area contributed by atoms with Crippen molar-refractivity contribution in [2.24, 2.45) is 4.99 Å². The van der Waals surface area contributed by atoms with Crippen LogP contribution < -0.4 is 34.4 Å². The summed E-state index contributed by atoms with van der Waals surface area (Å²) >= 11 is 20.1. The van der Waals surface area contributed by atoms with E-state index in [1.165, 1.54) is 18.4 Å². The number of ether oxygens (including phenoxy) is 3. The van der Waals surface area contributed by atoms with Crippen LogP contribution in [0.3, 0.4) is 0 Å². The average Bonchev–Trinajstić information content (AvgIpc) is 3.38. The standard InChI is InChI=1S/C36H28Cl3N3O5S/c1-20-31(34(43)41-24-9-5-4-6-10-24)32(23-8-7-11-25(18-23)45-2)42-35(44)30(48-36(42)40-20)17-22-15-28(39)33(29(16-22)46-3)47-19-21-12-13-26(37)27(38)14-21/h4-18,32H,19H2,1-3H3,(H,41,43)/b30-17-/t32-/m0/s1. The molecule has 1 amide bonds. The Morgan fingerprint density at radius 3 is 2.46 bits per heavy atom. The van der Waals surface area contributed by atoms with Crippen molar-refractivity contribution < 1.29 is 19.0 Å². The normalized spacial score (nSPS) is 14.3. The number of aromatic nitrogens is 1. The topological polar surface area (TPSA) is 91.2 Å². The quantitative estimate of drug-likeness (QED) is 0.171. The van der Waals surface area contributed by atoms with Crippen LogP contribution in [0.5, 0.6) is 17.2 Å². The van der Waals surface area contributed by atoms with Crippen molar-refractivity contribution in [2.45, 2.75) is 19.6 Å². The van der Waals surface area contributed by atoms with E-state index in [1.54, 1.807) is 67.1 Å². The van der Waals surface area contributed by atoms with Crippen LogP contribution in [-0.4, -0.2) is 24.7 Å². The molecule has 5 aromatic rings. The highest BCUT2D eigenvalue weighted by Crippen LogP contribution is 2.38. The van der Waals surface area contributed by atoms with E-state index in [-0.39, 0.29) is 18.1 Å². The number of allylic oxidation sites excluding steroid dienone is 1. The molecule has 1 N–H and O–H groups in total. The summed E-state index contributed by atoms with van der Waals surface area (Å²) in [7, 11) is 3.08. The number of carbonyl (C=O) groups excluding carboxylic acids is 1. The average molecular weight is 721 g/mol. The van der Waals surface area contributed by atoms with Crippen molar-refractivity contribution in [2.75, 3.05) is 19.5 Å². The number of benzene rings is 4. The van der Waals surface area contributed by atoms with Gasteiger partial charge in [0.25, 0.3) is 11.5 Å².